The summed E-state index contributed by atoms with van der Waals surface area (Å²) < 4.78 is 1.48. The number of nitrogens with one attached hydrogen (secondary N) is 1. The van der Waals surface area contributed by atoms with Gasteiger partial charge in [0.2, 0.25) is 0 Å². The molecule has 2 aromatic heterocycles. The number of aliphatic hydroxyl groups excluding tert-OH is 2. The molecule has 7 nitrogen and oxygen atoms in total. The molecule has 3 N–H and O–H groups in total. The van der Waals surface area contributed by atoms with Gasteiger partial charge in [-0.3, -0.25) is 0 Å². The van der Waals surface area contributed by atoms with Crippen LogP contribution in [0.5, 0.6) is 0 Å². The molecular weight excluding hydrogens is 306 g/mol. The van der Waals surface area contributed by atoms with Crippen LogP contribution in [-0.4, -0.2) is 42.1 Å². The van der Waals surface area contributed by atoms with Crippen LogP contribution in [0.3, 0.4) is 0 Å². The lowest BCUT2D eigenvalue weighted by atomic mass is 9.93. The molecule has 0 atom stereocenters. The summed E-state index contributed by atoms with van der Waals surface area (Å²) in [7, 11) is 0. The van der Waals surface area contributed by atoms with E-state index in [2.05, 4.69) is 20.4 Å². The summed E-state index contributed by atoms with van der Waals surface area (Å²) in [6.45, 7) is -0.136. The minimum Gasteiger partial charge on any atom is -0.393 e. The van der Waals surface area contributed by atoms with Crippen molar-refractivity contribution in [1.82, 2.24) is 19.7 Å². The van der Waals surface area contributed by atoms with E-state index in [1.807, 2.05) is 0 Å². The average molecular weight is 324 g/mol. The topological polar surface area (TPSA) is 96.1 Å². The molecule has 0 amide bonds. The zero-order chi connectivity index (χ0) is 15.5. The van der Waals surface area contributed by atoms with E-state index in [9.17, 15) is 5.11 Å². The van der Waals surface area contributed by atoms with E-state index in [0.29, 0.717) is 22.6 Å². The molecule has 1 saturated carbocycles. The predicted molar refractivity (Wildman–Crippen MR) is 82.0 cm³/mol. The first kappa shape index (κ1) is 15.2. The first-order valence-electron chi connectivity index (χ1n) is 7.29. The van der Waals surface area contributed by atoms with Gasteiger partial charge in [-0.05, 0) is 31.7 Å². The van der Waals surface area contributed by atoms with Crippen molar-refractivity contribution < 1.29 is 10.2 Å². The summed E-state index contributed by atoms with van der Waals surface area (Å²) in [5.41, 5.74) is 0.541. The Balaban J connectivity index is 1.77. The highest BCUT2D eigenvalue weighted by Gasteiger charge is 2.20. The van der Waals surface area contributed by atoms with Crippen molar-refractivity contribution in [2.75, 3.05) is 5.32 Å². The van der Waals surface area contributed by atoms with E-state index in [0.717, 1.165) is 25.7 Å². The van der Waals surface area contributed by atoms with Crippen LogP contribution in [0.25, 0.3) is 5.95 Å². The molecule has 0 radical (unpaired) electrons. The Bertz CT molecular complexity index is 640. The largest absolute Gasteiger partial charge is 0.393 e. The number of aliphatic hydroxyl groups is 2. The van der Waals surface area contributed by atoms with Gasteiger partial charge in [0.1, 0.15) is 11.0 Å². The second kappa shape index (κ2) is 6.60. The Hall–Kier alpha value is -1.70. The van der Waals surface area contributed by atoms with Gasteiger partial charge < -0.3 is 15.5 Å². The lowest BCUT2D eigenvalue weighted by molar-refractivity contribution is 0.126. The molecule has 1 aliphatic carbocycles. The first-order valence-corrected chi connectivity index (χ1v) is 7.67. The maximum absolute atomic E-state index is 9.55. The Morgan fingerprint density at radius 2 is 2.05 bits per heavy atom. The monoisotopic (exact) mass is 323 g/mol. The molecule has 0 aliphatic heterocycles. The third kappa shape index (κ3) is 3.55. The number of halogens is 1. The fraction of sp³-hybridized carbons (Fsp3) is 0.500. The molecule has 3 rings (SSSR count). The molecule has 118 valence electrons. The summed E-state index contributed by atoms with van der Waals surface area (Å²) >= 11 is 6.06. The average Bonchev–Trinajstić information content (AvgIpc) is 2.98. The van der Waals surface area contributed by atoms with Crippen molar-refractivity contribution in [3.63, 3.8) is 0 Å². The van der Waals surface area contributed by atoms with Gasteiger partial charge in [0.15, 0.2) is 0 Å². The lowest BCUT2D eigenvalue weighted by Gasteiger charge is -2.26. The van der Waals surface area contributed by atoms with Crippen molar-refractivity contribution in [2.45, 2.75) is 44.4 Å². The SMILES string of the molecule is OCc1ccn(-c2nc(Cl)cc(NC3CCC(O)CC3)n2)n1. The van der Waals surface area contributed by atoms with Gasteiger partial charge in [0.25, 0.3) is 5.95 Å². The van der Waals surface area contributed by atoms with Gasteiger partial charge in [-0.15, -0.1) is 0 Å². The Morgan fingerprint density at radius 3 is 2.73 bits per heavy atom. The third-order valence-corrected chi connectivity index (χ3v) is 3.94. The van der Waals surface area contributed by atoms with Gasteiger partial charge in [-0.1, -0.05) is 11.6 Å². The number of hydrogen-bond acceptors (Lipinski definition) is 6. The summed E-state index contributed by atoms with van der Waals surface area (Å²) in [6.07, 6.45) is 4.87. The van der Waals surface area contributed by atoms with Crippen LogP contribution in [0.15, 0.2) is 18.3 Å². The lowest BCUT2D eigenvalue weighted by Crippen LogP contribution is -2.28. The van der Waals surface area contributed by atoms with Crippen LogP contribution in [0, 0.1) is 0 Å². The second-order valence-electron chi connectivity index (χ2n) is 5.44. The fourth-order valence-corrected chi connectivity index (χ4v) is 2.75. The van der Waals surface area contributed by atoms with Crippen molar-refractivity contribution in [2.24, 2.45) is 0 Å². The highest BCUT2D eigenvalue weighted by atomic mass is 35.5. The number of nitrogens with zero attached hydrogens (tertiary/aromatic N) is 4. The van der Waals surface area contributed by atoms with Gasteiger partial charge in [0, 0.05) is 18.3 Å². The molecule has 0 bridgehead atoms. The minimum absolute atomic E-state index is 0.136. The maximum Gasteiger partial charge on any atom is 0.253 e. The molecule has 0 spiro atoms. The molecule has 1 aliphatic rings. The molecule has 1 fully saturated rings. The second-order valence-corrected chi connectivity index (χ2v) is 5.82. The summed E-state index contributed by atoms with van der Waals surface area (Å²) in [4.78, 5) is 8.56. The van der Waals surface area contributed by atoms with Gasteiger partial charge in [0.05, 0.1) is 18.4 Å². The summed E-state index contributed by atoms with van der Waals surface area (Å²) in [6, 6.07) is 3.64. The Morgan fingerprint density at radius 1 is 1.27 bits per heavy atom. The van der Waals surface area contributed by atoms with Crippen LogP contribution in [0.2, 0.25) is 5.15 Å². The van der Waals surface area contributed by atoms with E-state index in [-0.39, 0.29) is 18.8 Å². The van der Waals surface area contributed by atoms with Gasteiger partial charge >= 0.3 is 0 Å². The number of rotatable bonds is 4. The zero-order valence-corrected chi connectivity index (χ0v) is 12.7. The minimum atomic E-state index is -0.191. The van der Waals surface area contributed by atoms with E-state index in [1.165, 1.54) is 4.68 Å². The number of anilines is 1. The van der Waals surface area contributed by atoms with Crippen molar-refractivity contribution in [1.29, 1.82) is 0 Å². The molecular formula is C14H18ClN5O2. The molecule has 22 heavy (non-hydrogen) atoms. The van der Waals surface area contributed by atoms with Crippen LogP contribution in [0.1, 0.15) is 31.4 Å². The number of aromatic nitrogens is 4. The van der Waals surface area contributed by atoms with Crippen LogP contribution < -0.4 is 5.32 Å². The van der Waals surface area contributed by atoms with E-state index in [4.69, 9.17) is 16.7 Å². The van der Waals surface area contributed by atoms with Crippen LogP contribution in [-0.2, 0) is 6.61 Å². The van der Waals surface area contributed by atoms with Gasteiger partial charge in [-0.25, -0.2) is 4.68 Å². The van der Waals surface area contributed by atoms with Crippen molar-refractivity contribution >= 4 is 17.4 Å². The summed E-state index contributed by atoms with van der Waals surface area (Å²) in [5.74, 6) is 0.989. The molecule has 2 aromatic rings. The maximum atomic E-state index is 9.55. The fourth-order valence-electron chi connectivity index (χ4n) is 2.57. The quantitative estimate of drug-likeness (QED) is 0.738. The van der Waals surface area contributed by atoms with Crippen molar-refractivity contribution in [3.05, 3.63) is 29.2 Å². The summed E-state index contributed by atoms with van der Waals surface area (Å²) in [5, 5.41) is 26.4. The predicted octanol–water partition coefficient (Wildman–Crippen LogP) is 1.52. The van der Waals surface area contributed by atoms with E-state index < -0.39 is 0 Å². The number of hydrogen-bond donors (Lipinski definition) is 3. The molecule has 0 unspecified atom stereocenters. The normalized spacial score (nSPS) is 21.8. The molecule has 8 heteroatoms. The molecule has 0 saturated heterocycles. The van der Waals surface area contributed by atoms with Gasteiger partial charge in [-0.2, -0.15) is 15.1 Å². The molecule has 0 aromatic carbocycles. The smallest absolute Gasteiger partial charge is 0.253 e. The first-order chi connectivity index (χ1) is 10.6. The zero-order valence-electron chi connectivity index (χ0n) is 12.0. The standard InChI is InChI=1S/C14H18ClN5O2/c15-12-7-13(16-9-1-3-11(22)4-2-9)18-14(17-12)20-6-5-10(8-21)19-20/h5-7,9,11,21-22H,1-4,8H2,(H,16,17,18). The molecule has 2 heterocycles. The Kier molecular flexibility index (Phi) is 4.56. The Labute approximate surface area is 133 Å². The highest BCUT2D eigenvalue weighted by molar-refractivity contribution is 6.29. The van der Waals surface area contributed by atoms with Crippen LogP contribution in [0.4, 0.5) is 5.82 Å². The van der Waals surface area contributed by atoms with E-state index >= 15 is 0 Å². The highest BCUT2D eigenvalue weighted by Crippen LogP contribution is 2.22. The third-order valence-electron chi connectivity index (χ3n) is 3.74. The van der Waals surface area contributed by atoms with E-state index in [1.54, 1.807) is 18.3 Å². The van der Waals surface area contributed by atoms with Crippen LogP contribution >= 0.6 is 11.6 Å². The van der Waals surface area contributed by atoms with Crippen molar-refractivity contribution in [3.8, 4) is 5.95 Å².